The highest BCUT2D eigenvalue weighted by Crippen LogP contribution is 2.23. The number of nitrogen functional groups attached to an aromatic ring is 1. The summed E-state index contributed by atoms with van der Waals surface area (Å²) in [6.07, 6.45) is 0.916. The first-order valence-corrected chi connectivity index (χ1v) is 6.98. The van der Waals surface area contributed by atoms with Crippen LogP contribution in [0.4, 0.5) is 11.4 Å². The maximum atomic E-state index is 11.9. The number of carbonyl (C=O) groups is 1. The van der Waals surface area contributed by atoms with Gasteiger partial charge in [-0.1, -0.05) is 30.3 Å². The molecule has 0 aliphatic carbocycles. The molecule has 0 saturated carbocycles. The molecule has 110 valence electrons. The molecule has 0 unspecified atom stereocenters. The predicted molar refractivity (Wildman–Crippen MR) is 87.7 cm³/mol. The van der Waals surface area contributed by atoms with Crippen molar-refractivity contribution in [3.05, 3.63) is 59.7 Å². The molecule has 4 nitrogen and oxygen atoms in total. The highest BCUT2D eigenvalue weighted by molar-refractivity contribution is 6.00. The Morgan fingerprint density at radius 1 is 1.19 bits per heavy atom. The van der Waals surface area contributed by atoms with Crippen LogP contribution in [-0.4, -0.2) is 26.5 Å². The van der Waals surface area contributed by atoms with Crippen molar-refractivity contribution >= 4 is 17.3 Å². The molecule has 2 aromatic rings. The molecule has 1 amide bonds. The standard InChI is InChI=1S/C17H21N3O/c1-19-17(21)15-9-8-14(18)12-16(15)20(2)11-10-13-6-4-3-5-7-13/h3-9,12H,10-11,18H2,1-2H3,(H,19,21). The summed E-state index contributed by atoms with van der Waals surface area (Å²) in [5.74, 6) is -0.100. The molecule has 0 aromatic heterocycles. The summed E-state index contributed by atoms with van der Waals surface area (Å²) in [5.41, 5.74) is 9.28. The fourth-order valence-corrected chi connectivity index (χ4v) is 2.25. The van der Waals surface area contributed by atoms with Crippen LogP contribution in [0.15, 0.2) is 48.5 Å². The maximum Gasteiger partial charge on any atom is 0.253 e. The quantitative estimate of drug-likeness (QED) is 0.828. The fraction of sp³-hybridized carbons (Fsp3) is 0.235. The van der Waals surface area contributed by atoms with Crippen LogP contribution in [0.5, 0.6) is 0 Å². The molecule has 4 heteroatoms. The summed E-state index contributed by atoms with van der Waals surface area (Å²) in [4.78, 5) is 14.0. The third kappa shape index (κ3) is 3.75. The lowest BCUT2D eigenvalue weighted by molar-refractivity contribution is 0.0963. The van der Waals surface area contributed by atoms with Gasteiger partial charge in [-0.3, -0.25) is 4.79 Å². The highest BCUT2D eigenvalue weighted by atomic mass is 16.1. The fourth-order valence-electron chi connectivity index (χ4n) is 2.25. The first kappa shape index (κ1) is 14.9. The minimum atomic E-state index is -0.100. The van der Waals surface area contributed by atoms with E-state index in [1.807, 2.05) is 31.3 Å². The number of nitrogens with zero attached hydrogens (tertiary/aromatic N) is 1. The minimum Gasteiger partial charge on any atom is -0.399 e. The monoisotopic (exact) mass is 283 g/mol. The van der Waals surface area contributed by atoms with Crippen molar-refractivity contribution in [2.24, 2.45) is 0 Å². The van der Waals surface area contributed by atoms with Crippen LogP contribution >= 0.6 is 0 Å². The normalized spacial score (nSPS) is 10.2. The molecule has 3 N–H and O–H groups in total. The topological polar surface area (TPSA) is 58.4 Å². The van der Waals surface area contributed by atoms with Crippen LogP contribution in [0.2, 0.25) is 0 Å². The van der Waals surface area contributed by atoms with E-state index in [-0.39, 0.29) is 5.91 Å². The molecule has 2 aromatic carbocycles. The molecular weight excluding hydrogens is 262 g/mol. The van der Waals surface area contributed by atoms with E-state index in [1.54, 1.807) is 19.2 Å². The largest absolute Gasteiger partial charge is 0.399 e. The molecule has 21 heavy (non-hydrogen) atoms. The molecule has 0 saturated heterocycles. The van der Waals surface area contributed by atoms with E-state index < -0.39 is 0 Å². The Balaban J connectivity index is 2.16. The number of rotatable bonds is 5. The van der Waals surface area contributed by atoms with E-state index in [4.69, 9.17) is 5.73 Å². The van der Waals surface area contributed by atoms with E-state index >= 15 is 0 Å². The molecular formula is C17H21N3O. The summed E-state index contributed by atoms with van der Waals surface area (Å²) in [7, 11) is 3.61. The molecule has 0 spiro atoms. The van der Waals surface area contributed by atoms with Gasteiger partial charge in [0.1, 0.15) is 0 Å². The summed E-state index contributed by atoms with van der Waals surface area (Å²) in [6, 6.07) is 15.6. The van der Waals surface area contributed by atoms with Crippen molar-refractivity contribution in [3.63, 3.8) is 0 Å². The molecule has 0 aliphatic heterocycles. The highest BCUT2D eigenvalue weighted by Gasteiger charge is 2.13. The van der Waals surface area contributed by atoms with Gasteiger partial charge >= 0.3 is 0 Å². The van der Waals surface area contributed by atoms with Gasteiger partial charge in [-0.15, -0.1) is 0 Å². The molecule has 0 heterocycles. The Labute approximate surface area is 125 Å². The van der Waals surface area contributed by atoms with Gasteiger partial charge in [-0.25, -0.2) is 0 Å². The van der Waals surface area contributed by atoms with Gasteiger partial charge in [-0.2, -0.15) is 0 Å². The zero-order chi connectivity index (χ0) is 15.2. The zero-order valence-corrected chi connectivity index (χ0v) is 12.5. The van der Waals surface area contributed by atoms with Gasteiger partial charge in [0.05, 0.1) is 11.3 Å². The number of nitrogens with two attached hydrogens (primary N) is 1. The second kappa shape index (κ2) is 6.79. The molecule has 0 fully saturated rings. The van der Waals surface area contributed by atoms with Crippen LogP contribution in [0.25, 0.3) is 0 Å². The van der Waals surface area contributed by atoms with Crippen LogP contribution in [0, 0.1) is 0 Å². The van der Waals surface area contributed by atoms with Gasteiger partial charge < -0.3 is 16.0 Å². The van der Waals surface area contributed by atoms with Crippen LogP contribution < -0.4 is 16.0 Å². The van der Waals surface area contributed by atoms with E-state index in [1.165, 1.54) is 5.56 Å². The second-order valence-electron chi connectivity index (χ2n) is 5.01. The summed E-state index contributed by atoms with van der Waals surface area (Å²) >= 11 is 0. The number of hydrogen-bond acceptors (Lipinski definition) is 3. The Hall–Kier alpha value is -2.49. The Kier molecular flexibility index (Phi) is 4.82. The summed E-state index contributed by atoms with van der Waals surface area (Å²) in [6.45, 7) is 0.817. The number of likely N-dealkylation sites (N-methyl/N-ethyl adjacent to an activating group) is 1. The van der Waals surface area contributed by atoms with E-state index in [2.05, 4.69) is 22.3 Å². The van der Waals surface area contributed by atoms with Crippen molar-refractivity contribution in [2.45, 2.75) is 6.42 Å². The number of anilines is 2. The van der Waals surface area contributed by atoms with Gasteiger partial charge in [0.2, 0.25) is 0 Å². The van der Waals surface area contributed by atoms with Crippen LogP contribution in [0.1, 0.15) is 15.9 Å². The molecule has 0 radical (unpaired) electrons. The third-order valence-corrected chi connectivity index (χ3v) is 3.48. The zero-order valence-electron chi connectivity index (χ0n) is 12.5. The Morgan fingerprint density at radius 2 is 1.90 bits per heavy atom. The number of amides is 1. The third-order valence-electron chi connectivity index (χ3n) is 3.48. The molecule has 0 bridgehead atoms. The number of benzene rings is 2. The smallest absolute Gasteiger partial charge is 0.253 e. The predicted octanol–water partition coefficient (Wildman–Crippen LogP) is 2.31. The Morgan fingerprint density at radius 3 is 2.57 bits per heavy atom. The summed E-state index contributed by atoms with van der Waals surface area (Å²) in [5, 5.41) is 2.66. The van der Waals surface area contributed by atoms with Crippen molar-refractivity contribution < 1.29 is 4.79 Å². The second-order valence-corrected chi connectivity index (χ2v) is 5.01. The lowest BCUT2D eigenvalue weighted by Gasteiger charge is -2.22. The van der Waals surface area contributed by atoms with Crippen molar-refractivity contribution in [1.29, 1.82) is 0 Å². The summed E-state index contributed by atoms with van der Waals surface area (Å²) < 4.78 is 0. The molecule has 2 rings (SSSR count). The first-order chi connectivity index (χ1) is 10.1. The van der Waals surface area contributed by atoms with Crippen LogP contribution in [0.3, 0.4) is 0 Å². The Bertz CT molecular complexity index is 611. The molecule has 0 aliphatic rings. The van der Waals surface area contributed by atoms with Crippen molar-refractivity contribution in [2.75, 3.05) is 31.3 Å². The SMILES string of the molecule is CNC(=O)c1ccc(N)cc1N(C)CCc1ccccc1. The average molecular weight is 283 g/mol. The van der Waals surface area contributed by atoms with Gasteiger partial charge in [-0.05, 0) is 30.2 Å². The van der Waals surface area contributed by atoms with Crippen molar-refractivity contribution in [3.8, 4) is 0 Å². The first-order valence-electron chi connectivity index (χ1n) is 6.98. The van der Waals surface area contributed by atoms with Crippen molar-refractivity contribution in [1.82, 2.24) is 5.32 Å². The van der Waals surface area contributed by atoms with Gasteiger partial charge in [0, 0.05) is 26.3 Å². The van der Waals surface area contributed by atoms with E-state index in [0.29, 0.717) is 11.3 Å². The average Bonchev–Trinajstić information content (AvgIpc) is 2.52. The maximum absolute atomic E-state index is 11.9. The lowest BCUT2D eigenvalue weighted by Crippen LogP contribution is -2.26. The van der Waals surface area contributed by atoms with E-state index in [0.717, 1.165) is 18.7 Å². The minimum absolute atomic E-state index is 0.100. The number of hydrogen-bond donors (Lipinski definition) is 2. The van der Waals surface area contributed by atoms with Gasteiger partial charge in [0.15, 0.2) is 0 Å². The van der Waals surface area contributed by atoms with Crippen LogP contribution in [-0.2, 0) is 6.42 Å². The number of nitrogens with one attached hydrogen (secondary N) is 1. The lowest BCUT2D eigenvalue weighted by atomic mass is 10.1. The molecule has 0 atom stereocenters. The number of carbonyl (C=O) groups excluding carboxylic acids is 1. The van der Waals surface area contributed by atoms with Gasteiger partial charge in [0.25, 0.3) is 5.91 Å². The van der Waals surface area contributed by atoms with E-state index in [9.17, 15) is 4.79 Å².